The molecule has 18 heavy (non-hydrogen) atoms. The molecule has 1 aliphatic carbocycles. The Balaban J connectivity index is 2.00. The largest absolute Gasteiger partial charge is 0.480 e. The molecule has 1 aliphatic rings. The van der Waals surface area contributed by atoms with Crippen LogP contribution in [-0.4, -0.2) is 37.8 Å². The summed E-state index contributed by atoms with van der Waals surface area (Å²) in [5, 5.41) is 21.1. The number of urea groups is 1. The molecule has 3 N–H and O–H groups in total. The minimum atomic E-state index is -1.26. The second kappa shape index (κ2) is 4.55. The molecule has 8 nitrogen and oxygen atoms in total. The number of nitrogens with zero attached hydrogens (tertiary/aromatic N) is 3. The maximum atomic E-state index is 11.7. The highest BCUT2D eigenvalue weighted by Gasteiger charge is 2.48. The van der Waals surface area contributed by atoms with E-state index in [2.05, 4.69) is 25.8 Å². The van der Waals surface area contributed by atoms with Crippen LogP contribution >= 0.6 is 0 Å². The quantitative estimate of drug-likeness (QED) is 0.706. The van der Waals surface area contributed by atoms with Crippen molar-refractivity contribution < 1.29 is 14.7 Å². The van der Waals surface area contributed by atoms with Crippen molar-refractivity contribution in [3.8, 4) is 0 Å². The van der Waals surface area contributed by atoms with Crippen LogP contribution in [0.2, 0.25) is 0 Å². The highest BCUT2D eigenvalue weighted by Crippen LogP contribution is 2.39. The molecule has 96 valence electrons. The molecule has 1 atom stereocenters. The molecule has 2 amide bonds. The number of hydrogen-bond acceptors (Lipinski definition) is 5. The van der Waals surface area contributed by atoms with Gasteiger partial charge in [0.25, 0.3) is 5.95 Å². The Morgan fingerprint density at radius 2 is 2.17 bits per heavy atom. The van der Waals surface area contributed by atoms with Crippen LogP contribution in [0.4, 0.5) is 10.7 Å². The fourth-order valence-electron chi connectivity index (χ4n) is 1.66. The molecule has 1 heterocycles. The van der Waals surface area contributed by atoms with E-state index < -0.39 is 17.5 Å². The fraction of sp³-hybridized carbons (Fsp3) is 0.500. The Bertz CT molecular complexity index is 462. The predicted octanol–water partition coefficient (Wildman–Crippen LogP) is 0.246. The van der Waals surface area contributed by atoms with Gasteiger partial charge in [-0.05, 0) is 25.7 Å². The predicted molar refractivity (Wildman–Crippen MR) is 60.7 cm³/mol. The second-order valence-corrected chi connectivity index (χ2v) is 4.33. The SMILES string of the molecule is CC(NC(=O)Nc1nccnn1)(C(=O)O)C1CC1. The molecule has 8 heteroatoms. The number of hydrogen-bond donors (Lipinski definition) is 3. The van der Waals surface area contributed by atoms with Crippen LogP contribution in [0.3, 0.4) is 0 Å². The second-order valence-electron chi connectivity index (χ2n) is 4.33. The van der Waals surface area contributed by atoms with E-state index in [-0.39, 0.29) is 11.9 Å². The first-order valence-electron chi connectivity index (χ1n) is 5.48. The van der Waals surface area contributed by atoms with Gasteiger partial charge in [0.2, 0.25) is 0 Å². The van der Waals surface area contributed by atoms with Crippen LogP contribution in [-0.2, 0) is 4.79 Å². The lowest BCUT2D eigenvalue weighted by Crippen LogP contribution is -2.55. The van der Waals surface area contributed by atoms with E-state index >= 15 is 0 Å². The van der Waals surface area contributed by atoms with Crippen LogP contribution in [0.15, 0.2) is 12.4 Å². The Labute approximate surface area is 103 Å². The van der Waals surface area contributed by atoms with Crippen LogP contribution < -0.4 is 10.6 Å². The summed E-state index contributed by atoms with van der Waals surface area (Å²) in [7, 11) is 0. The Morgan fingerprint density at radius 1 is 1.44 bits per heavy atom. The third kappa shape index (κ3) is 2.53. The molecule has 0 spiro atoms. The molecule has 0 aromatic carbocycles. The summed E-state index contributed by atoms with van der Waals surface area (Å²) in [5.74, 6) is -1.05. The van der Waals surface area contributed by atoms with Crippen molar-refractivity contribution in [3.05, 3.63) is 12.4 Å². The minimum absolute atomic E-state index is 0.0264. The molecule has 0 saturated heterocycles. The summed E-state index contributed by atoms with van der Waals surface area (Å²) < 4.78 is 0. The molecule has 0 bridgehead atoms. The summed E-state index contributed by atoms with van der Waals surface area (Å²) in [6.45, 7) is 1.50. The zero-order valence-corrected chi connectivity index (χ0v) is 9.75. The summed E-state index contributed by atoms with van der Waals surface area (Å²) in [4.78, 5) is 26.6. The van der Waals surface area contributed by atoms with Gasteiger partial charge in [-0.15, -0.1) is 5.10 Å². The molecule has 1 aromatic heterocycles. The highest BCUT2D eigenvalue weighted by atomic mass is 16.4. The summed E-state index contributed by atoms with van der Waals surface area (Å²) in [5.41, 5.74) is -1.26. The molecule has 1 unspecified atom stereocenters. The van der Waals surface area contributed by atoms with Crippen molar-refractivity contribution in [1.82, 2.24) is 20.5 Å². The lowest BCUT2D eigenvalue weighted by atomic mass is 9.96. The highest BCUT2D eigenvalue weighted by molar-refractivity contribution is 5.92. The average Bonchev–Trinajstić information content (AvgIpc) is 3.13. The van der Waals surface area contributed by atoms with E-state index in [1.165, 1.54) is 19.3 Å². The Morgan fingerprint density at radius 3 is 2.67 bits per heavy atom. The van der Waals surface area contributed by atoms with Crippen LogP contribution in [0.1, 0.15) is 19.8 Å². The lowest BCUT2D eigenvalue weighted by Gasteiger charge is -2.25. The third-order valence-electron chi connectivity index (χ3n) is 2.92. The van der Waals surface area contributed by atoms with Gasteiger partial charge in [-0.25, -0.2) is 14.6 Å². The van der Waals surface area contributed by atoms with E-state index in [4.69, 9.17) is 0 Å². The smallest absolute Gasteiger partial charge is 0.329 e. The molecule has 0 radical (unpaired) electrons. The van der Waals surface area contributed by atoms with Gasteiger partial charge in [0, 0.05) is 0 Å². The van der Waals surface area contributed by atoms with Gasteiger partial charge in [-0.3, -0.25) is 5.32 Å². The van der Waals surface area contributed by atoms with Crippen LogP contribution in [0, 0.1) is 5.92 Å². The monoisotopic (exact) mass is 251 g/mol. The number of nitrogens with one attached hydrogen (secondary N) is 2. The van der Waals surface area contributed by atoms with Gasteiger partial charge in [0.15, 0.2) is 0 Å². The first kappa shape index (κ1) is 12.2. The first-order valence-corrected chi connectivity index (χ1v) is 5.48. The maximum Gasteiger partial charge on any atom is 0.329 e. The van der Waals surface area contributed by atoms with Gasteiger partial charge in [0.05, 0.1) is 12.4 Å². The van der Waals surface area contributed by atoms with Gasteiger partial charge in [-0.1, -0.05) is 0 Å². The molecule has 0 aliphatic heterocycles. The number of carboxylic acid groups (broad SMARTS) is 1. The van der Waals surface area contributed by atoms with Crippen molar-refractivity contribution in [2.45, 2.75) is 25.3 Å². The summed E-state index contributed by atoms with van der Waals surface area (Å²) in [6, 6.07) is -0.653. The number of amides is 2. The number of aromatic nitrogens is 3. The van der Waals surface area contributed by atoms with Crippen molar-refractivity contribution in [2.24, 2.45) is 5.92 Å². The van der Waals surface area contributed by atoms with Crippen molar-refractivity contribution >= 4 is 17.9 Å². The number of carbonyl (C=O) groups is 2. The van der Waals surface area contributed by atoms with Crippen molar-refractivity contribution in [2.75, 3.05) is 5.32 Å². The number of rotatable bonds is 4. The van der Waals surface area contributed by atoms with Gasteiger partial charge in [0.1, 0.15) is 5.54 Å². The molecule has 2 rings (SSSR count). The van der Waals surface area contributed by atoms with E-state index in [1.54, 1.807) is 0 Å². The summed E-state index contributed by atoms with van der Waals surface area (Å²) in [6.07, 6.45) is 4.34. The zero-order chi connectivity index (χ0) is 13.2. The molecule has 1 saturated carbocycles. The molecular weight excluding hydrogens is 238 g/mol. The normalized spacial score (nSPS) is 17.6. The first-order chi connectivity index (χ1) is 8.52. The Kier molecular flexibility index (Phi) is 3.09. The molecular formula is C10H13N5O3. The van der Waals surface area contributed by atoms with E-state index in [0.29, 0.717) is 0 Å². The Hall–Kier alpha value is -2.25. The lowest BCUT2D eigenvalue weighted by molar-refractivity contribution is -0.144. The fourth-order valence-corrected chi connectivity index (χ4v) is 1.66. The molecule has 1 aromatic rings. The topological polar surface area (TPSA) is 117 Å². The molecule has 1 fully saturated rings. The average molecular weight is 251 g/mol. The summed E-state index contributed by atoms with van der Waals surface area (Å²) >= 11 is 0. The number of anilines is 1. The number of carbonyl (C=O) groups excluding carboxylic acids is 1. The maximum absolute atomic E-state index is 11.7. The van der Waals surface area contributed by atoms with E-state index in [1.807, 2.05) is 0 Å². The van der Waals surface area contributed by atoms with Gasteiger partial charge >= 0.3 is 12.0 Å². The zero-order valence-electron chi connectivity index (χ0n) is 9.75. The van der Waals surface area contributed by atoms with Crippen LogP contribution in [0.25, 0.3) is 0 Å². The van der Waals surface area contributed by atoms with Crippen molar-refractivity contribution in [1.29, 1.82) is 0 Å². The number of aliphatic carboxylic acids is 1. The van der Waals surface area contributed by atoms with Gasteiger partial charge in [-0.2, -0.15) is 5.10 Å². The van der Waals surface area contributed by atoms with Gasteiger partial charge < -0.3 is 10.4 Å². The van der Waals surface area contributed by atoms with E-state index in [0.717, 1.165) is 12.8 Å². The van der Waals surface area contributed by atoms with E-state index in [9.17, 15) is 14.7 Å². The number of carboxylic acids is 1. The minimum Gasteiger partial charge on any atom is -0.480 e. The van der Waals surface area contributed by atoms with Crippen LogP contribution in [0.5, 0.6) is 0 Å². The van der Waals surface area contributed by atoms with Crippen molar-refractivity contribution in [3.63, 3.8) is 0 Å². The standard InChI is InChI=1S/C10H13N5O3/c1-10(7(16)17,6-2-3-6)14-9(18)13-8-11-4-5-12-15-8/h4-6H,2-3H2,1H3,(H,16,17)(H2,11,13,14,15,18). The third-order valence-corrected chi connectivity index (χ3v) is 2.92.